The molecule has 0 atom stereocenters. The molecule has 2 N–H and O–H groups in total. The molecule has 0 aliphatic rings. The van der Waals surface area contributed by atoms with Crippen molar-refractivity contribution >= 4 is 17.6 Å². The van der Waals surface area contributed by atoms with Gasteiger partial charge in [0, 0.05) is 17.4 Å². The van der Waals surface area contributed by atoms with Crippen molar-refractivity contribution in [1.82, 2.24) is 9.78 Å². The van der Waals surface area contributed by atoms with Gasteiger partial charge < -0.3 is 15.2 Å². The molecular weight excluding hydrogens is 334 g/mol. The molecule has 0 spiro atoms. The van der Waals surface area contributed by atoms with Gasteiger partial charge in [0.05, 0.1) is 5.54 Å². The van der Waals surface area contributed by atoms with Gasteiger partial charge in [-0.25, -0.2) is 4.79 Å². The Kier molecular flexibility index (Phi) is 5.69. The SMILES string of the molecule is CC(C)c1cc(C(=O)Nc2cccc(OCC(=O)O)c2)nn1C(C)(C)C. The van der Waals surface area contributed by atoms with E-state index in [1.165, 1.54) is 0 Å². The van der Waals surface area contributed by atoms with Crippen molar-refractivity contribution in [3.8, 4) is 5.75 Å². The van der Waals surface area contributed by atoms with Crippen molar-refractivity contribution in [3.05, 3.63) is 41.7 Å². The summed E-state index contributed by atoms with van der Waals surface area (Å²) in [7, 11) is 0. The van der Waals surface area contributed by atoms with Crippen molar-refractivity contribution < 1.29 is 19.4 Å². The van der Waals surface area contributed by atoms with Gasteiger partial charge in [0.1, 0.15) is 5.75 Å². The lowest BCUT2D eigenvalue weighted by molar-refractivity contribution is -0.139. The minimum absolute atomic E-state index is 0.232. The second-order valence-electron chi connectivity index (χ2n) is 7.36. The molecule has 7 heteroatoms. The van der Waals surface area contributed by atoms with Gasteiger partial charge in [0.2, 0.25) is 0 Å². The third-order valence-corrected chi connectivity index (χ3v) is 3.65. The Morgan fingerprint density at radius 3 is 2.50 bits per heavy atom. The van der Waals surface area contributed by atoms with Gasteiger partial charge in [0.15, 0.2) is 12.3 Å². The number of nitrogens with zero attached hydrogens (tertiary/aromatic N) is 2. The van der Waals surface area contributed by atoms with E-state index in [0.717, 1.165) is 5.69 Å². The van der Waals surface area contributed by atoms with E-state index in [1.807, 2.05) is 25.5 Å². The van der Waals surface area contributed by atoms with E-state index in [9.17, 15) is 9.59 Å². The number of benzene rings is 1. The number of anilines is 1. The third kappa shape index (κ3) is 4.84. The lowest BCUT2D eigenvalue weighted by atomic mass is 10.1. The second-order valence-corrected chi connectivity index (χ2v) is 7.36. The van der Waals surface area contributed by atoms with E-state index in [4.69, 9.17) is 9.84 Å². The Morgan fingerprint density at radius 2 is 1.96 bits per heavy atom. The van der Waals surface area contributed by atoms with Crippen molar-refractivity contribution in [2.45, 2.75) is 46.1 Å². The molecule has 0 radical (unpaired) electrons. The maximum Gasteiger partial charge on any atom is 0.341 e. The van der Waals surface area contributed by atoms with Crippen LogP contribution < -0.4 is 10.1 Å². The highest BCUT2D eigenvalue weighted by molar-refractivity contribution is 6.03. The van der Waals surface area contributed by atoms with Crippen LogP contribution in [0.1, 0.15) is 56.7 Å². The van der Waals surface area contributed by atoms with Crippen molar-refractivity contribution in [3.63, 3.8) is 0 Å². The zero-order chi connectivity index (χ0) is 19.5. The average molecular weight is 359 g/mol. The lowest BCUT2D eigenvalue weighted by Crippen LogP contribution is -2.26. The highest BCUT2D eigenvalue weighted by Crippen LogP contribution is 2.24. The minimum Gasteiger partial charge on any atom is -0.482 e. The number of aromatic nitrogens is 2. The fourth-order valence-corrected chi connectivity index (χ4v) is 2.46. The summed E-state index contributed by atoms with van der Waals surface area (Å²) in [6.07, 6.45) is 0. The summed E-state index contributed by atoms with van der Waals surface area (Å²) in [4.78, 5) is 23.2. The van der Waals surface area contributed by atoms with Crippen LogP contribution in [-0.2, 0) is 10.3 Å². The van der Waals surface area contributed by atoms with Crippen LogP contribution >= 0.6 is 0 Å². The van der Waals surface area contributed by atoms with Crippen LogP contribution in [0.3, 0.4) is 0 Å². The maximum atomic E-state index is 12.6. The molecule has 0 aliphatic carbocycles. The van der Waals surface area contributed by atoms with E-state index in [-0.39, 0.29) is 17.4 Å². The Balaban J connectivity index is 2.20. The molecule has 1 heterocycles. The average Bonchev–Trinajstić information content (AvgIpc) is 2.99. The van der Waals surface area contributed by atoms with Crippen molar-refractivity contribution in [2.75, 3.05) is 11.9 Å². The molecule has 140 valence electrons. The van der Waals surface area contributed by atoms with Gasteiger partial charge in [-0.05, 0) is 44.9 Å². The van der Waals surface area contributed by atoms with Gasteiger partial charge in [-0.2, -0.15) is 5.10 Å². The monoisotopic (exact) mass is 359 g/mol. The minimum atomic E-state index is -1.06. The Hall–Kier alpha value is -2.83. The number of carbonyl (C=O) groups is 2. The van der Waals surface area contributed by atoms with E-state index < -0.39 is 12.6 Å². The summed E-state index contributed by atoms with van der Waals surface area (Å²) in [5, 5.41) is 15.9. The number of aliphatic carboxylic acids is 1. The first-order valence-corrected chi connectivity index (χ1v) is 8.44. The molecule has 1 amide bonds. The summed E-state index contributed by atoms with van der Waals surface area (Å²) >= 11 is 0. The predicted octanol–water partition coefficient (Wildman–Crippen LogP) is 3.48. The molecule has 0 unspecified atom stereocenters. The maximum absolute atomic E-state index is 12.6. The first-order valence-electron chi connectivity index (χ1n) is 8.44. The van der Waals surface area contributed by atoms with Gasteiger partial charge in [0.25, 0.3) is 5.91 Å². The quantitative estimate of drug-likeness (QED) is 0.823. The van der Waals surface area contributed by atoms with E-state index in [1.54, 1.807) is 30.3 Å². The van der Waals surface area contributed by atoms with Crippen LogP contribution in [0.15, 0.2) is 30.3 Å². The zero-order valence-corrected chi connectivity index (χ0v) is 15.7. The van der Waals surface area contributed by atoms with E-state index in [2.05, 4.69) is 24.3 Å². The molecule has 0 fully saturated rings. The van der Waals surface area contributed by atoms with Gasteiger partial charge in [-0.3, -0.25) is 9.48 Å². The van der Waals surface area contributed by atoms with Gasteiger partial charge >= 0.3 is 5.97 Å². The second kappa shape index (κ2) is 7.59. The topological polar surface area (TPSA) is 93.4 Å². The van der Waals surface area contributed by atoms with Crippen LogP contribution in [-0.4, -0.2) is 33.4 Å². The fourth-order valence-electron chi connectivity index (χ4n) is 2.46. The summed E-state index contributed by atoms with van der Waals surface area (Å²) in [5.41, 5.74) is 1.60. The van der Waals surface area contributed by atoms with E-state index >= 15 is 0 Å². The Morgan fingerprint density at radius 1 is 1.27 bits per heavy atom. The number of rotatable bonds is 6. The van der Waals surface area contributed by atoms with Crippen LogP contribution in [0.25, 0.3) is 0 Å². The number of hydrogen-bond donors (Lipinski definition) is 2. The molecule has 2 aromatic rings. The van der Waals surface area contributed by atoms with Crippen molar-refractivity contribution in [2.24, 2.45) is 0 Å². The highest BCUT2D eigenvalue weighted by Gasteiger charge is 2.23. The molecule has 0 saturated carbocycles. The first-order chi connectivity index (χ1) is 12.1. The molecule has 0 saturated heterocycles. The van der Waals surface area contributed by atoms with Crippen molar-refractivity contribution in [1.29, 1.82) is 0 Å². The first kappa shape index (κ1) is 19.5. The highest BCUT2D eigenvalue weighted by atomic mass is 16.5. The number of carboxylic acids is 1. The smallest absolute Gasteiger partial charge is 0.341 e. The van der Waals surface area contributed by atoms with Crippen LogP contribution in [0.4, 0.5) is 5.69 Å². The largest absolute Gasteiger partial charge is 0.482 e. The molecule has 2 rings (SSSR count). The Bertz CT molecular complexity index is 803. The lowest BCUT2D eigenvalue weighted by Gasteiger charge is -2.23. The number of carbonyl (C=O) groups excluding carboxylic acids is 1. The van der Waals surface area contributed by atoms with Crippen LogP contribution in [0, 0.1) is 0 Å². The number of hydrogen-bond acceptors (Lipinski definition) is 4. The standard InChI is InChI=1S/C19H25N3O4/c1-12(2)16-10-15(21-22(16)19(3,4)5)18(25)20-13-7-6-8-14(9-13)26-11-17(23)24/h6-10,12H,11H2,1-5H3,(H,20,25)(H,23,24). The van der Waals surface area contributed by atoms with Gasteiger partial charge in [-0.15, -0.1) is 0 Å². The number of carboxylic acid groups (broad SMARTS) is 1. The molecule has 0 aliphatic heterocycles. The Labute approximate surface area is 153 Å². The number of ether oxygens (including phenoxy) is 1. The van der Waals surface area contributed by atoms with Crippen LogP contribution in [0.2, 0.25) is 0 Å². The number of amides is 1. The summed E-state index contributed by atoms with van der Waals surface area (Å²) in [6.45, 7) is 9.80. The molecule has 1 aromatic heterocycles. The number of nitrogens with one attached hydrogen (secondary N) is 1. The van der Waals surface area contributed by atoms with Gasteiger partial charge in [-0.1, -0.05) is 19.9 Å². The van der Waals surface area contributed by atoms with E-state index in [0.29, 0.717) is 17.1 Å². The normalized spacial score (nSPS) is 11.5. The summed E-state index contributed by atoms with van der Waals surface area (Å²) < 4.78 is 7.00. The molecule has 0 bridgehead atoms. The molecule has 26 heavy (non-hydrogen) atoms. The third-order valence-electron chi connectivity index (χ3n) is 3.65. The zero-order valence-electron chi connectivity index (χ0n) is 15.7. The molecular formula is C19H25N3O4. The summed E-state index contributed by atoms with van der Waals surface area (Å²) in [6, 6.07) is 8.39. The molecule has 1 aromatic carbocycles. The van der Waals surface area contributed by atoms with Crippen LogP contribution in [0.5, 0.6) is 5.75 Å². The predicted molar refractivity (Wildman–Crippen MR) is 98.8 cm³/mol. The summed E-state index contributed by atoms with van der Waals surface area (Å²) in [5.74, 6) is -0.789. The molecule has 7 nitrogen and oxygen atoms in total. The fraction of sp³-hybridized carbons (Fsp3) is 0.421.